The first-order chi connectivity index (χ1) is 6.43. The van der Waals surface area contributed by atoms with Crippen molar-refractivity contribution in [3.05, 3.63) is 0 Å². The highest BCUT2D eigenvalue weighted by Crippen LogP contribution is 2.37. The number of rotatable bonds is 1. The maximum absolute atomic E-state index is 6.15. The number of ether oxygens (including phenoxy) is 1. The molecular formula is C11H19NO. The lowest BCUT2D eigenvalue weighted by atomic mass is 9.90. The topological polar surface area (TPSA) is 21.3 Å². The van der Waals surface area contributed by atoms with Crippen LogP contribution in [0.5, 0.6) is 0 Å². The fraction of sp³-hybridized carbons (Fsp3) is 1.00. The lowest BCUT2D eigenvalue weighted by molar-refractivity contribution is -0.0858. The largest absolute Gasteiger partial charge is 0.372 e. The number of hydrogen-bond donors (Lipinski definition) is 1. The van der Waals surface area contributed by atoms with Crippen molar-refractivity contribution in [1.29, 1.82) is 0 Å². The maximum atomic E-state index is 6.15. The zero-order chi connectivity index (χ0) is 8.67. The molecule has 0 spiro atoms. The smallest absolute Gasteiger partial charge is 0.0732 e. The van der Waals surface area contributed by atoms with Crippen molar-refractivity contribution >= 4 is 0 Å². The van der Waals surface area contributed by atoms with Crippen molar-refractivity contribution in [2.45, 2.75) is 56.8 Å². The van der Waals surface area contributed by atoms with Gasteiger partial charge in [-0.1, -0.05) is 12.8 Å². The molecule has 2 nitrogen and oxygen atoms in total. The minimum absolute atomic E-state index is 0.549. The van der Waals surface area contributed by atoms with Gasteiger partial charge in [0.05, 0.1) is 12.2 Å². The zero-order valence-electron chi connectivity index (χ0n) is 8.17. The van der Waals surface area contributed by atoms with Gasteiger partial charge in [-0.25, -0.2) is 0 Å². The maximum Gasteiger partial charge on any atom is 0.0732 e. The molecule has 3 fully saturated rings. The van der Waals surface area contributed by atoms with E-state index in [1.165, 1.54) is 38.5 Å². The van der Waals surface area contributed by atoms with Gasteiger partial charge in [-0.3, -0.25) is 0 Å². The Labute approximate surface area is 80.0 Å². The first kappa shape index (κ1) is 8.25. The molecule has 3 atom stereocenters. The van der Waals surface area contributed by atoms with Crippen LogP contribution in [-0.2, 0) is 4.74 Å². The molecular weight excluding hydrogens is 162 g/mol. The van der Waals surface area contributed by atoms with Crippen LogP contribution >= 0.6 is 0 Å². The van der Waals surface area contributed by atoms with Crippen molar-refractivity contribution in [1.82, 2.24) is 5.32 Å². The first-order valence-electron chi connectivity index (χ1n) is 5.82. The monoisotopic (exact) mass is 181 g/mol. The van der Waals surface area contributed by atoms with Gasteiger partial charge in [-0.2, -0.15) is 0 Å². The van der Waals surface area contributed by atoms with Crippen molar-refractivity contribution < 1.29 is 4.74 Å². The number of hydrogen-bond acceptors (Lipinski definition) is 2. The summed E-state index contributed by atoms with van der Waals surface area (Å²) in [6.45, 7) is 1.12. The van der Waals surface area contributed by atoms with E-state index in [4.69, 9.17) is 4.74 Å². The summed E-state index contributed by atoms with van der Waals surface area (Å²) in [6.07, 6.45) is 9.31. The fourth-order valence-electron chi connectivity index (χ4n) is 2.78. The Morgan fingerprint density at radius 1 is 0.923 bits per heavy atom. The van der Waals surface area contributed by atoms with Gasteiger partial charge in [0.25, 0.3) is 0 Å². The normalized spacial score (nSPS) is 45.7. The van der Waals surface area contributed by atoms with E-state index in [0.29, 0.717) is 18.2 Å². The van der Waals surface area contributed by atoms with Gasteiger partial charge in [0.15, 0.2) is 0 Å². The molecule has 2 heteroatoms. The predicted molar refractivity (Wildman–Crippen MR) is 51.6 cm³/mol. The van der Waals surface area contributed by atoms with E-state index in [0.717, 1.165) is 12.5 Å². The molecule has 1 N–H and O–H groups in total. The summed E-state index contributed by atoms with van der Waals surface area (Å²) < 4.78 is 6.15. The molecule has 13 heavy (non-hydrogen) atoms. The van der Waals surface area contributed by atoms with Gasteiger partial charge >= 0.3 is 0 Å². The molecule has 0 radical (unpaired) electrons. The quantitative estimate of drug-likeness (QED) is 0.664. The molecule has 3 rings (SSSR count). The zero-order valence-corrected chi connectivity index (χ0v) is 8.17. The van der Waals surface area contributed by atoms with Crippen LogP contribution in [0.1, 0.15) is 38.5 Å². The molecule has 3 aliphatic rings. The first-order valence-corrected chi connectivity index (χ1v) is 5.82. The van der Waals surface area contributed by atoms with E-state index in [-0.39, 0.29) is 0 Å². The van der Waals surface area contributed by atoms with E-state index < -0.39 is 0 Å². The minimum Gasteiger partial charge on any atom is -0.372 e. The third-order valence-corrected chi connectivity index (χ3v) is 3.78. The Hall–Kier alpha value is -0.0800. The lowest BCUT2D eigenvalue weighted by Gasteiger charge is -2.40. The van der Waals surface area contributed by atoms with Crippen molar-refractivity contribution in [2.75, 3.05) is 6.54 Å². The van der Waals surface area contributed by atoms with E-state index in [2.05, 4.69) is 5.32 Å². The summed E-state index contributed by atoms with van der Waals surface area (Å²) in [5.74, 6) is 0.898. The van der Waals surface area contributed by atoms with Gasteiger partial charge in [-0.15, -0.1) is 0 Å². The van der Waals surface area contributed by atoms with Crippen LogP contribution in [-0.4, -0.2) is 24.8 Å². The SMILES string of the molecule is C1CCC2OC(C3CC3)CNC2C1. The van der Waals surface area contributed by atoms with Crippen molar-refractivity contribution in [3.8, 4) is 0 Å². The van der Waals surface area contributed by atoms with Crippen molar-refractivity contribution in [2.24, 2.45) is 5.92 Å². The van der Waals surface area contributed by atoms with Crippen LogP contribution in [0.2, 0.25) is 0 Å². The fourth-order valence-corrected chi connectivity index (χ4v) is 2.78. The summed E-state index contributed by atoms with van der Waals surface area (Å²) in [6, 6.07) is 0.684. The van der Waals surface area contributed by atoms with Gasteiger partial charge in [0.1, 0.15) is 0 Å². The summed E-state index contributed by atoms with van der Waals surface area (Å²) >= 11 is 0. The average Bonchev–Trinajstić information content (AvgIpc) is 3.00. The summed E-state index contributed by atoms with van der Waals surface area (Å²) in [5, 5.41) is 3.67. The van der Waals surface area contributed by atoms with Crippen molar-refractivity contribution in [3.63, 3.8) is 0 Å². The molecule has 2 saturated carbocycles. The standard InChI is InChI=1S/C11H19NO/c1-2-4-10-9(3-1)12-7-11(13-10)8-5-6-8/h8-12H,1-7H2. The Bertz CT molecular complexity index is 191. The third kappa shape index (κ3) is 1.62. The summed E-state index contributed by atoms with van der Waals surface area (Å²) in [7, 11) is 0. The predicted octanol–water partition coefficient (Wildman–Crippen LogP) is 1.70. The number of morpholine rings is 1. The second-order valence-corrected chi connectivity index (χ2v) is 4.85. The molecule has 1 saturated heterocycles. The molecule has 0 bridgehead atoms. The highest BCUT2D eigenvalue weighted by atomic mass is 16.5. The lowest BCUT2D eigenvalue weighted by Crippen LogP contribution is -2.54. The minimum atomic E-state index is 0.549. The van der Waals surface area contributed by atoms with Crippen LogP contribution in [0.25, 0.3) is 0 Å². The van der Waals surface area contributed by atoms with Crippen LogP contribution in [0, 0.1) is 5.92 Å². The Morgan fingerprint density at radius 3 is 2.62 bits per heavy atom. The van der Waals surface area contributed by atoms with Crippen LogP contribution in [0.4, 0.5) is 0 Å². The highest BCUT2D eigenvalue weighted by Gasteiger charge is 2.39. The molecule has 0 aromatic carbocycles. The molecule has 1 aliphatic heterocycles. The third-order valence-electron chi connectivity index (χ3n) is 3.78. The molecule has 0 aromatic heterocycles. The van der Waals surface area contributed by atoms with E-state index in [9.17, 15) is 0 Å². The number of fused-ring (bicyclic) bond motifs is 1. The van der Waals surface area contributed by atoms with Crippen LogP contribution < -0.4 is 5.32 Å². The molecule has 74 valence electrons. The Morgan fingerprint density at radius 2 is 1.77 bits per heavy atom. The van der Waals surface area contributed by atoms with Crippen LogP contribution in [0.15, 0.2) is 0 Å². The van der Waals surface area contributed by atoms with E-state index in [1.807, 2.05) is 0 Å². The average molecular weight is 181 g/mol. The van der Waals surface area contributed by atoms with Crippen LogP contribution in [0.3, 0.4) is 0 Å². The second-order valence-electron chi connectivity index (χ2n) is 4.85. The van der Waals surface area contributed by atoms with E-state index >= 15 is 0 Å². The highest BCUT2D eigenvalue weighted by molar-refractivity contribution is 4.93. The molecule has 0 aromatic rings. The summed E-state index contributed by atoms with van der Waals surface area (Å²) in [4.78, 5) is 0. The second kappa shape index (κ2) is 3.25. The van der Waals surface area contributed by atoms with Gasteiger partial charge in [-0.05, 0) is 31.6 Å². The number of nitrogens with one attached hydrogen (secondary N) is 1. The summed E-state index contributed by atoms with van der Waals surface area (Å²) in [5.41, 5.74) is 0. The van der Waals surface area contributed by atoms with Gasteiger partial charge in [0.2, 0.25) is 0 Å². The van der Waals surface area contributed by atoms with Gasteiger partial charge in [0, 0.05) is 12.6 Å². The molecule has 2 aliphatic carbocycles. The van der Waals surface area contributed by atoms with Gasteiger partial charge < -0.3 is 10.1 Å². The molecule has 0 amide bonds. The van der Waals surface area contributed by atoms with E-state index in [1.54, 1.807) is 0 Å². The Kier molecular flexibility index (Phi) is 2.06. The Balaban J connectivity index is 1.62. The molecule has 1 heterocycles. The molecule has 3 unspecified atom stereocenters.